The third kappa shape index (κ3) is 5.16. The molecule has 0 spiro atoms. The number of nitrogen functional groups attached to an aromatic ring is 1. The van der Waals surface area contributed by atoms with E-state index in [2.05, 4.69) is 0 Å². The predicted octanol–water partition coefficient (Wildman–Crippen LogP) is 0.985. The van der Waals surface area contributed by atoms with Crippen LogP contribution in [0.2, 0.25) is 0 Å². The fraction of sp³-hybridized carbons (Fsp3) is 0.300. The quantitative estimate of drug-likeness (QED) is 0.349. The van der Waals surface area contributed by atoms with E-state index in [1.54, 1.807) is 18.2 Å². The number of carbonyl (C=O) groups excluding carboxylic acids is 2. The molecule has 3 N–H and O–H groups in total. The van der Waals surface area contributed by atoms with Gasteiger partial charge in [0.15, 0.2) is 18.1 Å². The van der Waals surface area contributed by atoms with E-state index in [9.17, 15) is 19.2 Å². The summed E-state index contributed by atoms with van der Waals surface area (Å²) in [6, 6.07) is 5.03. The molecule has 0 aliphatic carbocycles. The van der Waals surface area contributed by atoms with E-state index < -0.39 is 35.2 Å². The number of aromatic nitrogens is 2. The average molecular weight is 417 g/mol. The van der Waals surface area contributed by atoms with Gasteiger partial charge in [-0.1, -0.05) is 13.0 Å². The first kappa shape index (κ1) is 22.5. The van der Waals surface area contributed by atoms with Crippen LogP contribution in [-0.4, -0.2) is 42.1 Å². The van der Waals surface area contributed by atoms with Gasteiger partial charge < -0.3 is 19.9 Å². The van der Waals surface area contributed by atoms with Crippen molar-refractivity contribution in [3.63, 3.8) is 0 Å². The van der Waals surface area contributed by atoms with Crippen molar-refractivity contribution < 1.29 is 23.8 Å². The molecule has 0 saturated heterocycles. The van der Waals surface area contributed by atoms with E-state index in [1.807, 2.05) is 11.9 Å². The molecule has 1 aromatic carbocycles. The van der Waals surface area contributed by atoms with Crippen molar-refractivity contribution in [2.45, 2.75) is 19.9 Å². The number of aromatic amines is 1. The van der Waals surface area contributed by atoms with Crippen molar-refractivity contribution in [1.29, 1.82) is 0 Å². The van der Waals surface area contributed by atoms with Crippen LogP contribution in [0.5, 0.6) is 11.5 Å². The molecule has 0 saturated carbocycles. The first-order valence-corrected chi connectivity index (χ1v) is 9.05. The molecule has 1 aromatic heterocycles. The second kappa shape index (κ2) is 10.1. The van der Waals surface area contributed by atoms with Crippen molar-refractivity contribution in [1.82, 2.24) is 9.55 Å². The third-order valence-corrected chi connectivity index (χ3v) is 4.13. The second-order valence-corrected chi connectivity index (χ2v) is 6.15. The van der Waals surface area contributed by atoms with Gasteiger partial charge in [0.05, 0.1) is 14.2 Å². The van der Waals surface area contributed by atoms with Crippen molar-refractivity contribution in [3.8, 4) is 11.5 Å². The van der Waals surface area contributed by atoms with Crippen molar-refractivity contribution in [2.24, 2.45) is 0 Å². The second-order valence-electron chi connectivity index (χ2n) is 6.15. The Bertz CT molecular complexity index is 1080. The number of benzene rings is 1. The topological polar surface area (TPSA) is 143 Å². The highest BCUT2D eigenvalue weighted by atomic mass is 16.5. The summed E-state index contributed by atoms with van der Waals surface area (Å²) in [5.41, 5.74) is 4.41. The highest BCUT2D eigenvalue weighted by Crippen LogP contribution is 2.27. The molecule has 10 nitrogen and oxygen atoms in total. The van der Waals surface area contributed by atoms with Gasteiger partial charge in [-0.25, -0.2) is 9.59 Å². The number of ketones is 1. The Morgan fingerprint density at radius 3 is 2.50 bits per heavy atom. The van der Waals surface area contributed by atoms with E-state index in [4.69, 9.17) is 19.9 Å². The van der Waals surface area contributed by atoms with Crippen LogP contribution in [-0.2, 0) is 16.1 Å². The van der Waals surface area contributed by atoms with Gasteiger partial charge in [-0.3, -0.25) is 19.1 Å². The van der Waals surface area contributed by atoms with Gasteiger partial charge >= 0.3 is 11.7 Å². The molecule has 0 atom stereocenters. The highest BCUT2D eigenvalue weighted by Gasteiger charge is 2.20. The number of esters is 1. The number of hydrogen-bond donors (Lipinski definition) is 2. The van der Waals surface area contributed by atoms with Crippen LogP contribution in [0.3, 0.4) is 0 Å². The number of carbonyl (C=O) groups is 2. The summed E-state index contributed by atoms with van der Waals surface area (Å²) in [5.74, 6) is -0.843. The summed E-state index contributed by atoms with van der Waals surface area (Å²) in [5, 5.41) is 0. The lowest BCUT2D eigenvalue weighted by Crippen LogP contribution is -2.37. The highest BCUT2D eigenvalue weighted by molar-refractivity contribution is 6.01. The van der Waals surface area contributed by atoms with E-state index in [-0.39, 0.29) is 12.4 Å². The minimum absolute atomic E-state index is 0.232. The Morgan fingerprint density at radius 1 is 1.17 bits per heavy atom. The van der Waals surface area contributed by atoms with Crippen molar-refractivity contribution >= 4 is 23.6 Å². The van der Waals surface area contributed by atoms with Gasteiger partial charge in [0, 0.05) is 12.6 Å². The van der Waals surface area contributed by atoms with Gasteiger partial charge in [-0.2, -0.15) is 0 Å². The number of hydrogen-bond acceptors (Lipinski definition) is 8. The molecule has 10 heteroatoms. The number of anilines is 1. The van der Waals surface area contributed by atoms with Crippen molar-refractivity contribution in [2.75, 3.05) is 26.6 Å². The molecule has 0 amide bonds. The van der Waals surface area contributed by atoms with Crippen LogP contribution in [0.1, 0.15) is 29.3 Å². The lowest BCUT2D eigenvalue weighted by molar-refractivity contribution is -0.136. The van der Waals surface area contributed by atoms with E-state index >= 15 is 0 Å². The minimum Gasteiger partial charge on any atom is -0.493 e. The standard InChI is InChI=1S/C20H23N3O7/c1-4-9-23-18(21)17(19(26)22-20(23)27)13(24)11-30-16(25)8-6-12-5-7-14(28-2)15(10-12)29-3/h5-8,10H,4,9,11,21H2,1-3H3,(H,22,26,27)/b8-6+. The molecule has 2 rings (SSSR count). The molecule has 0 unspecified atom stereocenters. The first-order chi connectivity index (χ1) is 14.3. The lowest BCUT2D eigenvalue weighted by Gasteiger charge is -2.11. The number of ether oxygens (including phenoxy) is 3. The zero-order valence-corrected chi connectivity index (χ0v) is 16.9. The number of nitrogens with one attached hydrogen (secondary N) is 1. The van der Waals surface area contributed by atoms with Gasteiger partial charge in [0.1, 0.15) is 11.4 Å². The Hall–Kier alpha value is -3.82. The number of nitrogens with zero attached hydrogens (tertiary/aromatic N) is 1. The van der Waals surface area contributed by atoms with Crippen LogP contribution >= 0.6 is 0 Å². The average Bonchev–Trinajstić information content (AvgIpc) is 2.73. The maximum absolute atomic E-state index is 12.3. The summed E-state index contributed by atoms with van der Waals surface area (Å²) in [6.45, 7) is 1.34. The number of nitrogens with two attached hydrogens (primary N) is 1. The first-order valence-electron chi connectivity index (χ1n) is 9.05. The van der Waals surface area contributed by atoms with Gasteiger partial charge in [0.2, 0.25) is 5.78 Å². The van der Waals surface area contributed by atoms with Crippen LogP contribution in [0.15, 0.2) is 33.9 Å². The molecule has 0 aliphatic rings. The fourth-order valence-electron chi connectivity index (χ4n) is 2.68. The molecule has 0 fully saturated rings. The molecule has 0 bridgehead atoms. The van der Waals surface area contributed by atoms with Crippen molar-refractivity contribution in [3.05, 3.63) is 56.2 Å². The van der Waals surface area contributed by atoms with Gasteiger partial charge in [-0.05, 0) is 30.2 Å². The molecule has 1 heterocycles. The van der Waals surface area contributed by atoms with Crippen LogP contribution in [0.4, 0.5) is 5.82 Å². The predicted molar refractivity (Wildman–Crippen MR) is 110 cm³/mol. The van der Waals surface area contributed by atoms with E-state index in [0.29, 0.717) is 23.5 Å². The Balaban J connectivity index is 2.09. The summed E-state index contributed by atoms with van der Waals surface area (Å²) in [4.78, 5) is 50.1. The molecule has 0 aliphatic heterocycles. The molecular formula is C20H23N3O7. The largest absolute Gasteiger partial charge is 0.493 e. The monoisotopic (exact) mass is 417 g/mol. The lowest BCUT2D eigenvalue weighted by atomic mass is 10.2. The zero-order chi connectivity index (χ0) is 22.3. The van der Waals surface area contributed by atoms with Gasteiger partial charge in [-0.15, -0.1) is 0 Å². The summed E-state index contributed by atoms with van der Waals surface area (Å²) in [7, 11) is 3.00. The van der Waals surface area contributed by atoms with Crippen LogP contribution in [0.25, 0.3) is 6.08 Å². The Labute approximate surface area is 171 Å². The number of methoxy groups -OCH3 is 2. The Kier molecular flexibility index (Phi) is 7.56. The summed E-state index contributed by atoms with van der Waals surface area (Å²) in [6.07, 6.45) is 3.16. The number of rotatable bonds is 9. The smallest absolute Gasteiger partial charge is 0.331 e. The SMILES string of the molecule is CCCn1c(N)c(C(=O)COC(=O)/C=C/c2ccc(OC)c(OC)c2)c(=O)[nH]c1=O. The molecule has 2 aromatic rings. The van der Waals surface area contributed by atoms with Crippen LogP contribution in [0, 0.1) is 0 Å². The zero-order valence-electron chi connectivity index (χ0n) is 16.9. The van der Waals surface area contributed by atoms with Gasteiger partial charge in [0.25, 0.3) is 5.56 Å². The van der Waals surface area contributed by atoms with Crippen LogP contribution < -0.4 is 26.5 Å². The number of H-pyrrole nitrogens is 1. The molecule has 0 radical (unpaired) electrons. The maximum Gasteiger partial charge on any atom is 0.331 e. The third-order valence-electron chi connectivity index (χ3n) is 4.13. The fourth-order valence-corrected chi connectivity index (χ4v) is 2.68. The van der Waals surface area contributed by atoms with E-state index in [1.165, 1.54) is 20.3 Å². The summed E-state index contributed by atoms with van der Waals surface area (Å²) < 4.78 is 16.3. The van der Waals surface area contributed by atoms with E-state index in [0.717, 1.165) is 10.6 Å². The normalized spacial score (nSPS) is 10.8. The maximum atomic E-state index is 12.3. The Morgan fingerprint density at radius 2 is 1.87 bits per heavy atom. The summed E-state index contributed by atoms with van der Waals surface area (Å²) >= 11 is 0. The molecule has 160 valence electrons. The molecular weight excluding hydrogens is 394 g/mol. The minimum atomic E-state index is -0.924. The number of Topliss-reactive ketones (excluding diaryl/α,β-unsaturated/α-hetero) is 1. The molecule has 30 heavy (non-hydrogen) atoms.